The van der Waals surface area contributed by atoms with Crippen molar-refractivity contribution in [3.05, 3.63) is 33.5 Å². The van der Waals surface area contributed by atoms with Crippen LogP contribution < -0.4 is 4.74 Å². The molecule has 1 aliphatic carbocycles. The van der Waals surface area contributed by atoms with Crippen LogP contribution >= 0.6 is 11.3 Å². The first kappa shape index (κ1) is 25.1. The van der Waals surface area contributed by atoms with Gasteiger partial charge in [-0.05, 0) is 56.6 Å². The van der Waals surface area contributed by atoms with Crippen LogP contribution in [0.2, 0.25) is 0 Å². The number of halogens is 2. The molecule has 34 heavy (non-hydrogen) atoms. The number of aromatic nitrogens is 3. The fraction of sp³-hybridized carbons (Fsp3) is 0.680. The molecular weight excluding hydrogens is 458 g/mol. The minimum absolute atomic E-state index is 0.0462. The van der Waals surface area contributed by atoms with Crippen molar-refractivity contribution in [2.45, 2.75) is 71.1 Å². The molecule has 2 aromatic rings. The van der Waals surface area contributed by atoms with E-state index in [1.165, 1.54) is 19.3 Å². The summed E-state index contributed by atoms with van der Waals surface area (Å²) >= 11 is 1.62. The van der Waals surface area contributed by atoms with Gasteiger partial charge in [-0.15, -0.1) is 11.3 Å². The zero-order chi connectivity index (χ0) is 23.9. The van der Waals surface area contributed by atoms with E-state index in [9.17, 15) is 13.6 Å². The number of ketones is 1. The Morgan fingerprint density at radius 3 is 2.65 bits per heavy atom. The maximum Gasteiger partial charge on any atom is 0.316 e. The van der Waals surface area contributed by atoms with Gasteiger partial charge in [-0.3, -0.25) is 4.79 Å². The lowest BCUT2D eigenvalue weighted by Gasteiger charge is -2.30. The molecule has 0 radical (unpaired) electrons. The second kappa shape index (κ2) is 12.1. The Kier molecular flexibility index (Phi) is 8.94. The van der Waals surface area contributed by atoms with Gasteiger partial charge in [-0.2, -0.15) is 4.98 Å². The van der Waals surface area contributed by atoms with E-state index in [1.807, 2.05) is 13.1 Å². The Labute approximate surface area is 204 Å². The number of Topliss-reactive ketones (excluding diaryl/α,β-unsaturated/α-hetero) is 1. The molecule has 0 unspecified atom stereocenters. The van der Waals surface area contributed by atoms with Crippen LogP contribution in [0.3, 0.4) is 0 Å². The fourth-order valence-corrected chi connectivity index (χ4v) is 5.92. The molecule has 0 spiro atoms. The number of hydrogen-bond donors (Lipinski definition) is 0. The molecule has 0 atom stereocenters. The molecule has 3 heterocycles. The van der Waals surface area contributed by atoms with Gasteiger partial charge in [-0.25, -0.2) is 18.7 Å². The molecule has 0 N–H and O–H groups in total. The van der Waals surface area contributed by atoms with E-state index < -0.39 is 13.0 Å². The number of nitrogens with zero attached hydrogens (tertiary/aromatic N) is 4. The first-order valence-electron chi connectivity index (χ1n) is 12.4. The van der Waals surface area contributed by atoms with E-state index in [4.69, 9.17) is 4.74 Å². The Hall–Kier alpha value is -2.00. The largest absolute Gasteiger partial charge is 0.457 e. The lowest BCUT2D eigenvalue weighted by molar-refractivity contribution is -0.119. The van der Waals surface area contributed by atoms with Crippen LogP contribution in [0.4, 0.5) is 8.78 Å². The van der Waals surface area contributed by atoms with Crippen molar-refractivity contribution in [2.24, 2.45) is 11.8 Å². The SMILES string of the molecule is Cc1ncc(CC(=O)CC2CCC(CCN3CCc4cnc(OCC(F)F)nc4CC3)CC2)s1. The van der Waals surface area contributed by atoms with E-state index in [0.29, 0.717) is 24.5 Å². The number of rotatable bonds is 10. The van der Waals surface area contributed by atoms with Crippen molar-refractivity contribution < 1.29 is 18.3 Å². The van der Waals surface area contributed by atoms with Gasteiger partial charge in [0.25, 0.3) is 6.43 Å². The van der Waals surface area contributed by atoms with E-state index in [0.717, 1.165) is 72.4 Å². The van der Waals surface area contributed by atoms with Gasteiger partial charge in [-0.1, -0.05) is 12.8 Å². The van der Waals surface area contributed by atoms with E-state index in [2.05, 4.69) is 19.9 Å². The van der Waals surface area contributed by atoms with E-state index in [1.54, 1.807) is 17.5 Å². The van der Waals surface area contributed by atoms with Crippen LogP contribution in [0.15, 0.2) is 12.4 Å². The Balaban J connectivity index is 1.15. The monoisotopic (exact) mass is 492 g/mol. The highest BCUT2D eigenvalue weighted by molar-refractivity contribution is 7.11. The average molecular weight is 493 g/mol. The molecule has 6 nitrogen and oxygen atoms in total. The number of aryl methyl sites for hydroxylation is 1. The number of carbonyl (C=O) groups excluding carboxylic acids is 1. The predicted octanol–water partition coefficient (Wildman–Crippen LogP) is 4.68. The number of thiazole rings is 1. The summed E-state index contributed by atoms with van der Waals surface area (Å²) in [4.78, 5) is 28.7. The third-order valence-electron chi connectivity index (χ3n) is 7.01. The number of ether oxygens (including phenoxy) is 1. The van der Waals surface area contributed by atoms with Gasteiger partial charge >= 0.3 is 6.01 Å². The Bertz CT molecular complexity index is 947. The Morgan fingerprint density at radius 1 is 1.15 bits per heavy atom. The zero-order valence-corrected chi connectivity index (χ0v) is 20.7. The number of hydrogen-bond acceptors (Lipinski definition) is 7. The molecule has 2 aromatic heterocycles. The molecule has 0 saturated heterocycles. The van der Waals surface area contributed by atoms with Gasteiger partial charge in [0.1, 0.15) is 5.78 Å². The van der Waals surface area contributed by atoms with Crippen molar-refractivity contribution in [3.8, 4) is 6.01 Å². The van der Waals surface area contributed by atoms with Crippen LogP contribution in [-0.2, 0) is 24.1 Å². The highest BCUT2D eigenvalue weighted by Gasteiger charge is 2.24. The number of fused-ring (bicyclic) bond motifs is 1. The summed E-state index contributed by atoms with van der Waals surface area (Å²) in [7, 11) is 0. The number of alkyl halides is 2. The predicted molar refractivity (Wildman–Crippen MR) is 128 cm³/mol. The molecular formula is C25H34F2N4O2S. The molecule has 9 heteroatoms. The van der Waals surface area contributed by atoms with Crippen LogP contribution in [-0.4, -0.2) is 58.3 Å². The van der Waals surface area contributed by atoms with Crippen molar-refractivity contribution in [3.63, 3.8) is 0 Å². The minimum Gasteiger partial charge on any atom is -0.457 e. The van der Waals surface area contributed by atoms with E-state index in [-0.39, 0.29) is 6.01 Å². The van der Waals surface area contributed by atoms with Gasteiger partial charge in [0.15, 0.2) is 6.61 Å². The quantitative estimate of drug-likeness (QED) is 0.480. The summed E-state index contributed by atoms with van der Waals surface area (Å²) in [5.41, 5.74) is 2.01. The normalized spacial score (nSPS) is 21.3. The highest BCUT2D eigenvalue weighted by atomic mass is 32.1. The van der Waals surface area contributed by atoms with E-state index >= 15 is 0 Å². The smallest absolute Gasteiger partial charge is 0.316 e. The fourth-order valence-electron chi connectivity index (χ4n) is 5.10. The topological polar surface area (TPSA) is 68.2 Å². The van der Waals surface area contributed by atoms with Crippen LogP contribution in [0.25, 0.3) is 0 Å². The van der Waals surface area contributed by atoms with Crippen molar-refractivity contribution >= 4 is 17.1 Å². The summed E-state index contributed by atoms with van der Waals surface area (Å²) in [5.74, 6) is 1.61. The van der Waals surface area contributed by atoms with Crippen LogP contribution in [0, 0.1) is 18.8 Å². The van der Waals surface area contributed by atoms with Gasteiger partial charge in [0, 0.05) is 49.6 Å². The maximum absolute atomic E-state index is 12.4. The minimum atomic E-state index is -2.53. The standard InChI is InChI=1S/C25H34F2N4O2S/c1-17-28-15-22(34-17)13-21(32)12-19-4-2-18(3-5-19)6-9-31-10-7-20-14-29-25(33-16-24(26)27)30-23(20)8-11-31/h14-15,18-19,24H,2-13,16H2,1H3. The molecule has 0 amide bonds. The second-order valence-corrected chi connectivity index (χ2v) is 10.9. The summed E-state index contributed by atoms with van der Waals surface area (Å²) in [6.07, 6.45) is 9.85. The van der Waals surface area contributed by atoms with Gasteiger partial charge in [0.05, 0.1) is 10.7 Å². The first-order valence-corrected chi connectivity index (χ1v) is 13.2. The number of carbonyl (C=O) groups is 1. The molecule has 0 aromatic carbocycles. The van der Waals surface area contributed by atoms with Gasteiger partial charge in [0.2, 0.25) is 0 Å². The second-order valence-electron chi connectivity index (χ2n) is 9.61. The summed E-state index contributed by atoms with van der Waals surface area (Å²) < 4.78 is 29.7. The van der Waals surface area contributed by atoms with Crippen LogP contribution in [0.1, 0.15) is 59.7 Å². The molecule has 2 aliphatic rings. The summed E-state index contributed by atoms with van der Waals surface area (Å²) in [5, 5.41) is 1.02. The maximum atomic E-state index is 12.4. The molecule has 1 fully saturated rings. The van der Waals surface area contributed by atoms with Crippen LogP contribution in [0.5, 0.6) is 6.01 Å². The van der Waals surface area contributed by atoms with Crippen molar-refractivity contribution in [2.75, 3.05) is 26.2 Å². The third kappa shape index (κ3) is 7.50. The first-order chi connectivity index (χ1) is 16.4. The molecule has 4 rings (SSSR count). The lowest BCUT2D eigenvalue weighted by Crippen LogP contribution is -2.29. The molecule has 1 aliphatic heterocycles. The highest BCUT2D eigenvalue weighted by Crippen LogP contribution is 2.33. The summed E-state index contributed by atoms with van der Waals surface area (Å²) in [6, 6.07) is 0.0462. The van der Waals surface area contributed by atoms with Crippen molar-refractivity contribution in [1.29, 1.82) is 0 Å². The lowest BCUT2D eigenvalue weighted by atomic mass is 9.78. The zero-order valence-electron chi connectivity index (χ0n) is 19.8. The molecule has 1 saturated carbocycles. The van der Waals surface area contributed by atoms with Crippen molar-refractivity contribution in [1.82, 2.24) is 19.9 Å². The van der Waals surface area contributed by atoms with Gasteiger partial charge < -0.3 is 9.64 Å². The molecule has 186 valence electrons. The third-order valence-corrected chi connectivity index (χ3v) is 7.92. The Morgan fingerprint density at radius 2 is 1.91 bits per heavy atom. The molecule has 0 bridgehead atoms. The average Bonchev–Trinajstić information content (AvgIpc) is 3.11. The summed E-state index contributed by atoms with van der Waals surface area (Å²) in [6.45, 7) is 4.25.